The Labute approximate surface area is 94.8 Å². The lowest BCUT2D eigenvalue weighted by molar-refractivity contribution is 1.10. The maximum absolute atomic E-state index is 4.51. The predicted octanol–water partition coefficient (Wildman–Crippen LogP) is 2.10. The quantitative estimate of drug-likeness (QED) is 0.698. The molecular weight excluding hydrogens is 194 g/mol. The van der Waals surface area contributed by atoms with Crippen LogP contribution in [0, 0.1) is 0 Å². The van der Waals surface area contributed by atoms with E-state index >= 15 is 0 Å². The van der Waals surface area contributed by atoms with Gasteiger partial charge in [-0.15, -0.1) is 0 Å². The molecule has 78 valence electrons. The van der Waals surface area contributed by atoms with Gasteiger partial charge in [-0.25, -0.2) is 0 Å². The summed E-state index contributed by atoms with van der Waals surface area (Å²) in [7, 11) is 0. The highest BCUT2D eigenvalue weighted by atomic mass is 14.7. The van der Waals surface area contributed by atoms with Crippen molar-refractivity contribution in [3.8, 4) is 11.3 Å². The molecule has 0 radical (unpaired) electrons. The van der Waals surface area contributed by atoms with Crippen LogP contribution < -0.4 is 10.4 Å². The van der Waals surface area contributed by atoms with E-state index in [4.69, 9.17) is 0 Å². The van der Waals surface area contributed by atoms with E-state index in [9.17, 15) is 0 Å². The molecule has 1 heteroatoms. The summed E-state index contributed by atoms with van der Waals surface area (Å²) in [4.78, 5) is 4.51. The highest BCUT2D eigenvalue weighted by molar-refractivity contribution is 5.62. The number of benzene rings is 1. The maximum Gasteiger partial charge on any atom is 0.0776 e. The first-order valence-corrected chi connectivity index (χ1v) is 5.66. The second kappa shape index (κ2) is 3.93. The van der Waals surface area contributed by atoms with E-state index in [2.05, 4.69) is 47.5 Å². The van der Waals surface area contributed by atoms with Crippen LogP contribution in [0.25, 0.3) is 23.4 Å². The van der Waals surface area contributed by atoms with Crippen molar-refractivity contribution in [2.45, 2.75) is 12.8 Å². The van der Waals surface area contributed by atoms with Gasteiger partial charge in [0.25, 0.3) is 0 Å². The normalized spacial score (nSPS) is 13.5. The number of fused-ring (bicyclic) bond motifs is 1. The van der Waals surface area contributed by atoms with Crippen molar-refractivity contribution in [2.24, 2.45) is 0 Å². The van der Waals surface area contributed by atoms with E-state index in [0.29, 0.717) is 0 Å². The molecule has 0 aliphatic heterocycles. The van der Waals surface area contributed by atoms with Gasteiger partial charge in [0.2, 0.25) is 0 Å². The molecule has 0 spiro atoms. The summed E-state index contributed by atoms with van der Waals surface area (Å²) in [6, 6.07) is 12.5. The van der Waals surface area contributed by atoms with Crippen LogP contribution in [0.3, 0.4) is 0 Å². The smallest absolute Gasteiger partial charge is 0.0776 e. The van der Waals surface area contributed by atoms with Gasteiger partial charge in [-0.05, 0) is 24.1 Å². The van der Waals surface area contributed by atoms with E-state index in [1.807, 2.05) is 12.3 Å². The molecule has 3 rings (SSSR count). The molecule has 0 unspecified atom stereocenters. The van der Waals surface area contributed by atoms with Gasteiger partial charge in [0.1, 0.15) is 0 Å². The van der Waals surface area contributed by atoms with E-state index in [-0.39, 0.29) is 0 Å². The number of aromatic nitrogens is 1. The first-order chi connectivity index (χ1) is 7.95. The molecule has 0 bridgehead atoms. The summed E-state index contributed by atoms with van der Waals surface area (Å²) in [6.45, 7) is 0. The first kappa shape index (κ1) is 9.34. The number of pyridine rings is 1. The average molecular weight is 207 g/mol. The fraction of sp³-hybridized carbons (Fsp3) is 0.133. The monoisotopic (exact) mass is 207 g/mol. The van der Waals surface area contributed by atoms with Gasteiger partial charge in [-0.3, -0.25) is 4.98 Å². The fourth-order valence-corrected chi connectivity index (χ4v) is 2.17. The van der Waals surface area contributed by atoms with Gasteiger partial charge >= 0.3 is 0 Å². The van der Waals surface area contributed by atoms with E-state index in [0.717, 1.165) is 18.5 Å². The molecule has 16 heavy (non-hydrogen) atoms. The Morgan fingerprint density at radius 1 is 0.875 bits per heavy atom. The Hall–Kier alpha value is -1.89. The van der Waals surface area contributed by atoms with E-state index in [1.54, 1.807) is 0 Å². The first-order valence-electron chi connectivity index (χ1n) is 5.66. The van der Waals surface area contributed by atoms with Gasteiger partial charge in [0, 0.05) is 17.0 Å². The lowest BCUT2D eigenvalue weighted by Gasteiger charge is -2.05. The van der Waals surface area contributed by atoms with E-state index in [1.165, 1.54) is 16.0 Å². The summed E-state index contributed by atoms with van der Waals surface area (Å²) in [6.07, 6.45) is 8.76. The molecule has 1 aromatic carbocycles. The van der Waals surface area contributed by atoms with Crippen LogP contribution in [0.5, 0.6) is 0 Å². The minimum absolute atomic E-state index is 1.11. The Morgan fingerprint density at radius 2 is 1.69 bits per heavy atom. The molecule has 0 atom stereocenters. The van der Waals surface area contributed by atoms with Crippen LogP contribution in [-0.2, 0) is 0 Å². The molecule has 0 saturated heterocycles. The number of rotatable bonds is 1. The van der Waals surface area contributed by atoms with Crippen LogP contribution in [0.4, 0.5) is 0 Å². The molecule has 1 heterocycles. The Morgan fingerprint density at radius 3 is 2.56 bits per heavy atom. The van der Waals surface area contributed by atoms with Gasteiger partial charge in [-0.2, -0.15) is 0 Å². The molecule has 1 aliphatic rings. The summed E-state index contributed by atoms with van der Waals surface area (Å²) >= 11 is 0. The largest absolute Gasteiger partial charge is 0.256 e. The number of hydrogen-bond donors (Lipinski definition) is 0. The van der Waals surface area contributed by atoms with Crippen molar-refractivity contribution in [3.05, 3.63) is 53.0 Å². The molecule has 1 aromatic heterocycles. The average Bonchev–Trinajstić information content (AvgIpc) is 2.39. The second-order valence-electron chi connectivity index (χ2n) is 4.01. The number of hydrogen-bond acceptors (Lipinski definition) is 1. The fourth-order valence-electron chi connectivity index (χ4n) is 2.17. The van der Waals surface area contributed by atoms with Crippen LogP contribution >= 0.6 is 0 Å². The predicted molar refractivity (Wildman–Crippen MR) is 67.1 cm³/mol. The van der Waals surface area contributed by atoms with Crippen molar-refractivity contribution >= 4 is 12.2 Å². The highest BCUT2D eigenvalue weighted by Crippen LogP contribution is 2.11. The number of nitrogens with zero attached hydrogens (tertiary/aromatic N) is 1. The zero-order valence-electron chi connectivity index (χ0n) is 9.06. The summed E-state index contributed by atoms with van der Waals surface area (Å²) in [5.41, 5.74) is 2.31. The van der Waals surface area contributed by atoms with E-state index < -0.39 is 0 Å². The molecule has 2 aromatic rings. The molecule has 0 amide bonds. The standard InChI is InChI=1S/C15H13N/c1-2-7-13(8-3-1)15-14-9-5-4-6-12(14)10-11-16-15/h1-3,6-11H,4-5H2. The lowest BCUT2D eigenvalue weighted by atomic mass is 10.0. The zero-order chi connectivity index (χ0) is 10.8. The SMILES string of the molecule is C1=c2ccnc(-c3ccccc3)c2=CCC1. The minimum Gasteiger partial charge on any atom is -0.256 e. The van der Waals surface area contributed by atoms with Crippen molar-refractivity contribution in [2.75, 3.05) is 0 Å². The molecule has 1 nitrogen and oxygen atoms in total. The highest BCUT2D eigenvalue weighted by Gasteiger charge is 2.03. The lowest BCUT2D eigenvalue weighted by Crippen LogP contribution is -2.29. The molecule has 1 aliphatic carbocycles. The topological polar surface area (TPSA) is 12.9 Å². The third-order valence-corrected chi connectivity index (χ3v) is 2.95. The van der Waals surface area contributed by atoms with Crippen molar-refractivity contribution in [1.82, 2.24) is 4.98 Å². The Bertz CT molecular complexity index is 612. The van der Waals surface area contributed by atoms with Crippen LogP contribution in [0.15, 0.2) is 42.6 Å². The Kier molecular flexibility index (Phi) is 2.30. The van der Waals surface area contributed by atoms with Crippen molar-refractivity contribution < 1.29 is 0 Å². The molecule has 0 fully saturated rings. The van der Waals surface area contributed by atoms with Crippen LogP contribution in [-0.4, -0.2) is 4.98 Å². The Balaban J connectivity index is 2.32. The van der Waals surface area contributed by atoms with Gasteiger partial charge < -0.3 is 0 Å². The summed E-state index contributed by atoms with van der Waals surface area (Å²) in [5.74, 6) is 0. The molecular formula is C15H13N. The minimum atomic E-state index is 1.11. The van der Waals surface area contributed by atoms with Gasteiger partial charge in [0.05, 0.1) is 5.69 Å². The molecule has 0 saturated carbocycles. The third kappa shape index (κ3) is 1.54. The molecule has 0 N–H and O–H groups in total. The van der Waals surface area contributed by atoms with Crippen molar-refractivity contribution in [3.63, 3.8) is 0 Å². The van der Waals surface area contributed by atoms with Crippen LogP contribution in [0.1, 0.15) is 12.8 Å². The summed E-state index contributed by atoms with van der Waals surface area (Å²) in [5, 5.41) is 2.61. The van der Waals surface area contributed by atoms with Crippen LogP contribution in [0.2, 0.25) is 0 Å². The second-order valence-corrected chi connectivity index (χ2v) is 4.01. The van der Waals surface area contributed by atoms with Crippen molar-refractivity contribution in [1.29, 1.82) is 0 Å². The van der Waals surface area contributed by atoms with Gasteiger partial charge in [-0.1, -0.05) is 42.5 Å². The van der Waals surface area contributed by atoms with Gasteiger partial charge in [0.15, 0.2) is 0 Å². The zero-order valence-corrected chi connectivity index (χ0v) is 9.06. The summed E-state index contributed by atoms with van der Waals surface area (Å²) < 4.78 is 0. The third-order valence-electron chi connectivity index (χ3n) is 2.95. The maximum atomic E-state index is 4.51.